The molecule has 2 unspecified atom stereocenters. The Hall–Kier alpha value is -0.0800. The molecule has 1 N–H and O–H groups in total. The molecule has 0 saturated heterocycles. The van der Waals surface area contributed by atoms with Crippen LogP contribution >= 0.6 is 0 Å². The first-order valence-corrected chi connectivity index (χ1v) is 7.06. The molecule has 0 bridgehead atoms. The largest absolute Gasteiger partial charge is 0.391 e. The third-order valence-electron chi connectivity index (χ3n) is 3.86. The SMILES string of the molecule is CN(C)C1CCCCCCCCCCC1O. The summed E-state index contributed by atoms with van der Waals surface area (Å²) < 4.78 is 0. The zero-order valence-corrected chi connectivity index (χ0v) is 11.1. The smallest absolute Gasteiger partial charge is 0.0695 e. The number of aliphatic hydroxyl groups excluding tert-OH is 1. The minimum absolute atomic E-state index is 0.116. The van der Waals surface area contributed by atoms with Gasteiger partial charge < -0.3 is 10.0 Å². The Bertz CT molecular complexity index is 170. The van der Waals surface area contributed by atoms with Gasteiger partial charge in [-0.1, -0.05) is 51.4 Å². The quantitative estimate of drug-likeness (QED) is 0.743. The van der Waals surface area contributed by atoms with Crippen molar-refractivity contribution in [2.75, 3.05) is 14.1 Å². The minimum atomic E-state index is -0.116. The third-order valence-corrected chi connectivity index (χ3v) is 3.86. The van der Waals surface area contributed by atoms with Crippen molar-refractivity contribution in [1.29, 1.82) is 0 Å². The van der Waals surface area contributed by atoms with E-state index in [4.69, 9.17) is 0 Å². The predicted octanol–water partition coefficient (Wildman–Crippen LogP) is 3.19. The van der Waals surface area contributed by atoms with Crippen LogP contribution in [0.2, 0.25) is 0 Å². The molecule has 0 aliphatic heterocycles. The Morgan fingerprint density at radius 3 is 1.69 bits per heavy atom. The monoisotopic (exact) mass is 227 g/mol. The van der Waals surface area contributed by atoms with E-state index < -0.39 is 0 Å². The molecular formula is C14H29NO. The van der Waals surface area contributed by atoms with E-state index in [2.05, 4.69) is 19.0 Å². The standard InChI is InChI=1S/C14H29NO/c1-15(2)13-11-9-7-5-3-4-6-8-10-12-14(13)16/h13-14,16H,3-12H2,1-2H3. The first-order valence-electron chi connectivity index (χ1n) is 7.06. The molecule has 96 valence electrons. The van der Waals surface area contributed by atoms with Crippen molar-refractivity contribution in [3.05, 3.63) is 0 Å². The highest BCUT2D eigenvalue weighted by Gasteiger charge is 2.20. The molecule has 1 fully saturated rings. The second kappa shape index (κ2) is 8.08. The first kappa shape index (κ1) is 14.0. The van der Waals surface area contributed by atoms with E-state index in [0.29, 0.717) is 6.04 Å². The maximum Gasteiger partial charge on any atom is 0.0695 e. The van der Waals surface area contributed by atoms with Crippen molar-refractivity contribution in [3.63, 3.8) is 0 Å². The molecule has 1 saturated carbocycles. The Morgan fingerprint density at radius 1 is 0.750 bits per heavy atom. The van der Waals surface area contributed by atoms with Gasteiger partial charge in [-0.15, -0.1) is 0 Å². The minimum Gasteiger partial charge on any atom is -0.391 e. The van der Waals surface area contributed by atoms with Crippen molar-refractivity contribution in [1.82, 2.24) is 4.90 Å². The zero-order valence-electron chi connectivity index (χ0n) is 11.1. The fourth-order valence-electron chi connectivity index (χ4n) is 2.75. The normalized spacial score (nSPS) is 30.8. The second-order valence-electron chi connectivity index (χ2n) is 5.50. The average molecular weight is 227 g/mol. The van der Waals surface area contributed by atoms with E-state index in [1.165, 1.54) is 51.4 Å². The van der Waals surface area contributed by atoms with Crippen LogP contribution in [-0.4, -0.2) is 36.2 Å². The van der Waals surface area contributed by atoms with Gasteiger partial charge in [-0.2, -0.15) is 0 Å². The number of rotatable bonds is 1. The van der Waals surface area contributed by atoms with Crippen LogP contribution in [0.1, 0.15) is 64.2 Å². The summed E-state index contributed by atoms with van der Waals surface area (Å²) >= 11 is 0. The van der Waals surface area contributed by atoms with E-state index >= 15 is 0 Å². The van der Waals surface area contributed by atoms with Crippen LogP contribution in [0.15, 0.2) is 0 Å². The highest BCUT2D eigenvalue weighted by Crippen LogP contribution is 2.19. The van der Waals surface area contributed by atoms with E-state index in [9.17, 15) is 5.11 Å². The number of hydrogen-bond donors (Lipinski definition) is 1. The first-order chi connectivity index (χ1) is 7.72. The summed E-state index contributed by atoms with van der Waals surface area (Å²) in [6, 6.07) is 0.374. The molecule has 0 aromatic heterocycles. The molecule has 0 heterocycles. The fourth-order valence-corrected chi connectivity index (χ4v) is 2.75. The van der Waals surface area contributed by atoms with Crippen LogP contribution in [0.3, 0.4) is 0 Å². The Morgan fingerprint density at radius 2 is 1.19 bits per heavy atom. The lowest BCUT2D eigenvalue weighted by atomic mass is 9.95. The Labute approximate surface area is 101 Å². The molecule has 2 atom stereocenters. The number of hydrogen-bond acceptors (Lipinski definition) is 2. The van der Waals surface area contributed by atoms with Crippen molar-refractivity contribution in [2.45, 2.75) is 76.4 Å². The lowest BCUT2D eigenvalue weighted by Crippen LogP contribution is -2.39. The second-order valence-corrected chi connectivity index (χ2v) is 5.50. The van der Waals surface area contributed by atoms with Gasteiger partial charge in [-0.3, -0.25) is 0 Å². The summed E-state index contributed by atoms with van der Waals surface area (Å²) in [6.45, 7) is 0. The predicted molar refractivity (Wildman–Crippen MR) is 69.7 cm³/mol. The molecule has 2 heteroatoms. The highest BCUT2D eigenvalue weighted by molar-refractivity contribution is 4.76. The average Bonchev–Trinajstić information content (AvgIpc) is 2.22. The van der Waals surface area contributed by atoms with E-state index in [-0.39, 0.29) is 6.10 Å². The summed E-state index contributed by atoms with van der Waals surface area (Å²) in [5, 5.41) is 10.2. The molecule has 1 aliphatic rings. The molecule has 0 aromatic rings. The Kier molecular flexibility index (Phi) is 7.06. The molecule has 16 heavy (non-hydrogen) atoms. The van der Waals surface area contributed by atoms with E-state index in [0.717, 1.165) is 12.8 Å². The van der Waals surface area contributed by atoms with Crippen LogP contribution in [0.5, 0.6) is 0 Å². The van der Waals surface area contributed by atoms with E-state index in [1.807, 2.05) is 0 Å². The van der Waals surface area contributed by atoms with Gasteiger partial charge in [-0.25, -0.2) is 0 Å². The van der Waals surface area contributed by atoms with Gasteiger partial charge >= 0.3 is 0 Å². The van der Waals surface area contributed by atoms with Gasteiger partial charge in [0.05, 0.1) is 6.10 Å². The summed E-state index contributed by atoms with van der Waals surface area (Å²) in [4.78, 5) is 2.20. The van der Waals surface area contributed by atoms with Crippen LogP contribution in [0.25, 0.3) is 0 Å². The maximum atomic E-state index is 10.2. The summed E-state index contributed by atoms with van der Waals surface area (Å²) in [6.07, 6.45) is 12.7. The van der Waals surface area contributed by atoms with Gasteiger partial charge in [-0.05, 0) is 26.9 Å². The summed E-state index contributed by atoms with van der Waals surface area (Å²) in [5.74, 6) is 0. The summed E-state index contributed by atoms with van der Waals surface area (Å²) in [5.41, 5.74) is 0. The molecule has 0 amide bonds. The summed E-state index contributed by atoms with van der Waals surface area (Å²) in [7, 11) is 4.19. The molecule has 0 aromatic carbocycles. The van der Waals surface area contributed by atoms with Gasteiger partial charge in [0.1, 0.15) is 0 Å². The van der Waals surface area contributed by atoms with Crippen molar-refractivity contribution < 1.29 is 5.11 Å². The number of nitrogens with zero attached hydrogens (tertiary/aromatic N) is 1. The molecule has 1 rings (SSSR count). The third kappa shape index (κ3) is 5.31. The van der Waals surface area contributed by atoms with E-state index in [1.54, 1.807) is 0 Å². The van der Waals surface area contributed by atoms with Crippen LogP contribution < -0.4 is 0 Å². The van der Waals surface area contributed by atoms with Crippen LogP contribution in [0, 0.1) is 0 Å². The molecule has 1 aliphatic carbocycles. The van der Waals surface area contributed by atoms with Gasteiger partial charge in [0.25, 0.3) is 0 Å². The van der Waals surface area contributed by atoms with Crippen molar-refractivity contribution in [3.8, 4) is 0 Å². The lowest BCUT2D eigenvalue weighted by Gasteiger charge is -2.29. The fraction of sp³-hybridized carbons (Fsp3) is 1.00. The molecule has 0 spiro atoms. The molecule has 0 radical (unpaired) electrons. The topological polar surface area (TPSA) is 23.5 Å². The van der Waals surface area contributed by atoms with Crippen LogP contribution in [-0.2, 0) is 0 Å². The number of aliphatic hydroxyl groups is 1. The zero-order chi connectivity index (χ0) is 11.8. The van der Waals surface area contributed by atoms with Gasteiger partial charge in [0.2, 0.25) is 0 Å². The van der Waals surface area contributed by atoms with Crippen LogP contribution in [0.4, 0.5) is 0 Å². The van der Waals surface area contributed by atoms with Gasteiger partial charge in [0.15, 0.2) is 0 Å². The lowest BCUT2D eigenvalue weighted by molar-refractivity contribution is 0.0604. The Balaban J connectivity index is 2.40. The number of likely N-dealkylation sites (N-methyl/N-ethyl adjacent to an activating group) is 1. The van der Waals surface area contributed by atoms with Crippen molar-refractivity contribution >= 4 is 0 Å². The molecular weight excluding hydrogens is 198 g/mol. The maximum absolute atomic E-state index is 10.2. The van der Waals surface area contributed by atoms with Gasteiger partial charge in [0, 0.05) is 6.04 Å². The molecule has 2 nitrogen and oxygen atoms in total. The highest BCUT2D eigenvalue weighted by atomic mass is 16.3. The van der Waals surface area contributed by atoms with Crippen molar-refractivity contribution in [2.24, 2.45) is 0 Å².